The summed E-state index contributed by atoms with van der Waals surface area (Å²) in [6.45, 7) is 10.4. The molecule has 0 saturated heterocycles. The van der Waals surface area contributed by atoms with Crippen LogP contribution in [0.5, 0.6) is 0 Å². The molecule has 4 aromatic carbocycles. The number of aliphatic hydroxyl groups is 2. The van der Waals surface area contributed by atoms with Crippen molar-refractivity contribution in [3.8, 4) is 34.7 Å². The Balaban J connectivity index is 0.000000343. The second-order valence-corrected chi connectivity index (χ2v) is 27.9. The molecule has 10 aromatic rings. The Kier molecular flexibility index (Phi) is 31.1. The van der Waals surface area contributed by atoms with Gasteiger partial charge in [0.25, 0.3) is 12.7 Å². The molecule has 112 heavy (non-hydrogen) atoms. The summed E-state index contributed by atoms with van der Waals surface area (Å²) in [5, 5.41) is 57.6. The maximum absolute atomic E-state index is 15.4. The van der Waals surface area contributed by atoms with Crippen molar-refractivity contribution >= 4 is 64.5 Å². The van der Waals surface area contributed by atoms with Gasteiger partial charge in [-0.05, 0) is 93.6 Å². The molecule has 6 heterocycles. The summed E-state index contributed by atoms with van der Waals surface area (Å²) in [6, 6.07) is 30.1. The Morgan fingerprint density at radius 1 is 0.598 bits per heavy atom. The van der Waals surface area contributed by atoms with Crippen LogP contribution in [0.2, 0.25) is 0 Å². The van der Waals surface area contributed by atoms with E-state index in [1.807, 2.05) is 0 Å². The summed E-state index contributed by atoms with van der Waals surface area (Å²) in [6.07, 6.45) is 4.44. The van der Waals surface area contributed by atoms with Crippen molar-refractivity contribution in [3.63, 3.8) is 0 Å². The number of nitrogens with two attached hydrogens (primary N) is 1. The Bertz CT molecular complexity index is 4970. The molecule has 592 valence electrons. The number of nitrogens with zero attached hydrogens (tertiary/aromatic N) is 15. The van der Waals surface area contributed by atoms with Crippen LogP contribution in [0.1, 0.15) is 116 Å². The second kappa shape index (κ2) is 39.1. The van der Waals surface area contributed by atoms with Crippen LogP contribution < -0.4 is 24.3 Å². The van der Waals surface area contributed by atoms with Crippen LogP contribution in [0.25, 0.3) is 22.5 Å². The highest BCUT2D eigenvalue weighted by atomic mass is 32.1. The number of hydrogen-bond donors (Lipinski definition) is 3. The highest BCUT2D eigenvalue weighted by molar-refractivity contribution is 7.10. The van der Waals surface area contributed by atoms with Crippen molar-refractivity contribution in [1.82, 2.24) is 44.4 Å². The number of anilines is 2. The van der Waals surface area contributed by atoms with E-state index in [0.29, 0.717) is 43.7 Å². The predicted molar refractivity (Wildman–Crippen MR) is 405 cm³/mol. The van der Waals surface area contributed by atoms with Gasteiger partial charge in [0, 0.05) is 114 Å². The van der Waals surface area contributed by atoms with Gasteiger partial charge in [0.1, 0.15) is 84.6 Å². The second-order valence-electron chi connectivity index (χ2n) is 26.2. The van der Waals surface area contributed by atoms with Crippen molar-refractivity contribution in [2.45, 2.75) is 116 Å². The Morgan fingerprint density at radius 2 is 1.00 bits per heavy atom. The van der Waals surface area contributed by atoms with Crippen molar-refractivity contribution in [3.05, 3.63) is 247 Å². The van der Waals surface area contributed by atoms with E-state index in [9.17, 15) is 43.0 Å². The number of benzene rings is 4. The standard InChI is InChI=1S/C40H43F2N8O7S.C35H35F2N8O5S.3CH3/c1-25(36-46-33(21-58-36)28-12-10-27(18-43)11-13-28)40(54,31-17-30(41)14-15-32(31)42)22-50-24-49(23-45-50)26(2)56-38(53)48(7)35-29(9-8-16-44-35)20-55-34(51)19-47(6)37(52)57-39(3,4)5;1-22(33-42-30(18-51-33)25-9-7-24(15-38)8-10-25)35(48,28-14-27(36)11-12-29(28)37)19-45-21-44(20-41-45)23(2)50-34(47)43(4)32-26(6-5-13-40-32)17-49-31(46)16-39-3;;;/h8-17,21,23-26,54H,19-20,22H2,1-7H3;5-14,18,20-23,39,48H,16-17,19H2,1-4H3;3*1H3/q2*+1;3*-1/p+1/t25-,26?,40+;22-,23?,35+;;;/m00.../s1. The minimum atomic E-state index is -2.07. The first kappa shape index (κ1) is 88.9. The number of aromatic nitrogens is 10. The first-order valence-corrected chi connectivity index (χ1v) is 35.5. The molecule has 0 fully saturated rings. The first-order valence-electron chi connectivity index (χ1n) is 33.8. The Labute approximate surface area is 654 Å². The molecule has 28 nitrogen and oxygen atoms in total. The molecule has 4 N–H and O–H groups in total. The number of thiazole rings is 2. The molecule has 0 bridgehead atoms. The number of ether oxygens (including phenoxy) is 5. The van der Waals surface area contributed by atoms with Crippen molar-refractivity contribution in [2.24, 2.45) is 0 Å². The average molecular weight is 1580 g/mol. The molecule has 6 atom stereocenters. The molecule has 34 heteroatoms. The zero-order valence-electron chi connectivity index (χ0n) is 64.2. The van der Waals surface area contributed by atoms with E-state index in [1.165, 1.54) is 105 Å². The van der Waals surface area contributed by atoms with Gasteiger partial charge < -0.3 is 66.4 Å². The lowest BCUT2D eigenvalue weighted by atomic mass is 9.82. The molecule has 10 rings (SSSR count). The van der Waals surface area contributed by atoms with Gasteiger partial charge in [0.15, 0.2) is 6.54 Å². The number of carbonyl (C=O) groups is 5. The van der Waals surface area contributed by atoms with E-state index in [4.69, 9.17) is 44.2 Å². The maximum Gasteiger partial charge on any atom is 0.418 e. The van der Waals surface area contributed by atoms with Crippen LogP contribution in [0, 0.1) is 68.2 Å². The van der Waals surface area contributed by atoms with E-state index >= 15 is 8.78 Å². The fraction of sp³-hybridized carbons (Fsp3) is 0.308. The number of hydrogen-bond acceptors (Lipinski definition) is 22. The number of amides is 3. The molecule has 3 amide bonds. The van der Waals surface area contributed by atoms with Crippen LogP contribution >= 0.6 is 22.7 Å². The molecule has 0 aliphatic carbocycles. The van der Waals surface area contributed by atoms with Crippen LogP contribution in [-0.2, 0) is 70.8 Å². The molecular weight excluding hydrogens is 1490 g/mol. The number of quaternary nitrogens is 1. The van der Waals surface area contributed by atoms with E-state index in [-0.39, 0.29) is 84.4 Å². The van der Waals surface area contributed by atoms with Crippen LogP contribution in [0.15, 0.2) is 158 Å². The molecule has 0 radical (unpaired) electrons. The number of likely N-dealkylation sites (N-methyl/N-ethyl adjacent to an activating group) is 2. The number of rotatable bonds is 26. The third kappa shape index (κ3) is 22.2. The number of carbonyl (C=O) groups excluding carboxylic acids is 5. The lowest BCUT2D eigenvalue weighted by Gasteiger charge is -2.32. The maximum atomic E-state index is 15.4. The summed E-state index contributed by atoms with van der Waals surface area (Å²) in [4.78, 5) is 84.5. The van der Waals surface area contributed by atoms with E-state index < -0.39 is 94.6 Å². The monoisotopic (exact) mass is 1580 g/mol. The molecule has 0 saturated carbocycles. The normalized spacial score (nSPS) is 13.1. The smallest absolute Gasteiger partial charge is 0.418 e. The Hall–Kier alpha value is -12.0. The predicted octanol–water partition coefficient (Wildman–Crippen LogP) is 11.1. The van der Waals surface area contributed by atoms with Gasteiger partial charge in [0.05, 0.1) is 51.7 Å². The average Bonchev–Trinajstić information content (AvgIpc) is 1.38. The number of halogens is 4. The molecular formula is C78H88F4N16O12S2. The van der Waals surface area contributed by atoms with Crippen molar-refractivity contribution in [1.29, 1.82) is 10.5 Å². The van der Waals surface area contributed by atoms with Gasteiger partial charge in [0.2, 0.25) is 25.1 Å². The van der Waals surface area contributed by atoms with Gasteiger partial charge in [-0.1, -0.05) is 50.2 Å². The summed E-state index contributed by atoms with van der Waals surface area (Å²) in [7, 11) is 6.04. The van der Waals surface area contributed by atoms with Crippen molar-refractivity contribution < 1.29 is 89.9 Å². The fourth-order valence-electron chi connectivity index (χ4n) is 11.0. The van der Waals surface area contributed by atoms with Crippen LogP contribution in [-0.4, -0.2) is 132 Å². The van der Waals surface area contributed by atoms with Crippen LogP contribution in [0.3, 0.4) is 0 Å². The number of nitriles is 2. The topological polar surface area (TPSA) is 341 Å². The number of pyridine rings is 2. The van der Waals surface area contributed by atoms with Gasteiger partial charge in [-0.3, -0.25) is 14.6 Å². The lowest BCUT2D eigenvalue weighted by Crippen LogP contribution is -2.81. The first-order chi connectivity index (χ1) is 51.8. The van der Waals surface area contributed by atoms with Gasteiger partial charge in [-0.2, -0.15) is 19.7 Å². The molecule has 0 aliphatic heterocycles. The highest BCUT2D eigenvalue weighted by Crippen LogP contribution is 2.44. The van der Waals surface area contributed by atoms with E-state index in [1.54, 1.807) is 144 Å². The molecule has 2 unspecified atom stereocenters. The fourth-order valence-corrected chi connectivity index (χ4v) is 12.9. The minimum Gasteiger partial charge on any atom is -0.459 e. The SMILES string of the molecule is CC(OC(=O)N(C)c1ncccc1COC(=O)CN(C)C(=O)OC(C)(C)C)[n+]1cnn(C[C@](O)(c2cc(F)ccc2F)[C@@H](C)c2nc(-c3ccc(C#N)cc3)cs2)c1.C[NH2+]CC(=O)OCc1cccnc1N(C)C(=O)OC(C)[n+]1cnn(C[C@](O)(c2cc(F)ccc2F)[C@@H](C)c2nc(-c3ccc(C#N)cc3)cs2)c1.[CH3-].[CH3-].[CH3-]. The van der Waals surface area contributed by atoms with Gasteiger partial charge >= 0.3 is 30.2 Å². The third-order valence-electron chi connectivity index (χ3n) is 17.2. The van der Waals surface area contributed by atoms with E-state index in [2.05, 4.69) is 32.3 Å². The summed E-state index contributed by atoms with van der Waals surface area (Å²) in [5.41, 5.74) is -0.910. The Morgan fingerprint density at radius 3 is 1.38 bits per heavy atom. The van der Waals surface area contributed by atoms with Gasteiger partial charge in [-0.15, -0.1) is 32.0 Å². The summed E-state index contributed by atoms with van der Waals surface area (Å²) < 4.78 is 92.6. The highest BCUT2D eigenvalue weighted by Gasteiger charge is 2.46. The largest absolute Gasteiger partial charge is 0.459 e. The zero-order valence-corrected chi connectivity index (χ0v) is 65.8. The van der Waals surface area contributed by atoms with E-state index in [0.717, 1.165) is 57.3 Å². The molecule has 0 aliphatic rings. The number of esters is 2. The summed E-state index contributed by atoms with van der Waals surface area (Å²) in [5.74, 6) is -5.59. The molecule has 0 spiro atoms. The van der Waals surface area contributed by atoms with Crippen LogP contribution in [0.4, 0.5) is 43.6 Å². The lowest BCUT2D eigenvalue weighted by molar-refractivity contribution is -0.753. The molecule has 6 aromatic heterocycles. The quantitative estimate of drug-likeness (QED) is 0.0149. The zero-order chi connectivity index (χ0) is 79.1. The van der Waals surface area contributed by atoms with Gasteiger partial charge in [-0.25, -0.2) is 56.7 Å². The summed E-state index contributed by atoms with van der Waals surface area (Å²) >= 11 is 2.48. The third-order valence-corrected chi connectivity index (χ3v) is 19.2. The van der Waals surface area contributed by atoms with Crippen molar-refractivity contribution in [2.75, 3.05) is 51.1 Å². The minimum absolute atomic E-state index is 0.